The number of benzene rings is 1. The molecule has 0 radical (unpaired) electrons. The van der Waals surface area contributed by atoms with Crippen molar-refractivity contribution in [3.8, 4) is 11.5 Å². The van der Waals surface area contributed by atoms with E-state index < -0.39 is 0 Å². The Kier molecular flexibility index (Phi) is 5.14. The number of amides is 1. The van der Waals surface area contributed by atoms with Gasteiger partial charge in [0.25, 0.3) is 0 Å². The summed E-state index contributed by atoms with van der Waals surface area (Å²) in [6.45, 7) is 3.91. The molecule has 0 atom stereocenters. The minimum Gasteiger partial charge on any atom is -0.493 e. The third kappa shape index (κ3) is 3.76. The first-order valence-corrected chi connectivity index (χ1v) is 8.15. The summed E-state index contributed by atoms with van der Waals surface area (Å²) in [5.74, 6) is 1.09. The van der Waals surface area contributed by atoms with Gasteiger partial charge in [-0.3, -0.25) is 4.79 Å². The summed E-state index contributed by atoms with van der Waals surface area (Å²) in [5.41, 5.74) is 1.33. The van der Waals surface area contributed by atoms with Crippen LogP contribution in [0, 0.1) is 0 Å². The number of carbonyl (C=O) groups is 1. The Morgan fingerprint density at radius 2 is 1.71 bits per heavy atom. The summed E-state index contributed by atoms with van der Waals surface area (Å²) in [7, 11) is 3.14. The van der Waals surface area contributed by atoms with Crippen molar-refractivity contribution in [2.45, 2.75) is 19.4 Å². The Hall–Kier alpha value is -2.35. The predicted octanol–water partition coefficient (Wildman–Crippen LogP) is 0.660. The zero-order chi connectivity index (χ0) is 16.9. The van der Waals surface area contributed by atoms with Crippen LogP contribution in [0.25, 0.3) is 11.0 Å². The molecule has 8 heteroatoms. The van der Waals surface area contributed by atoms with Crippen LogP contribution in [0.3, 0.4) is 0 Å². The van der Waals surface area contributed by atoms with Crippen LogP contribution < -0.4 is 14.8 Å². The molecule has 130 valence electrons. The number of rotatable bonds is 7. The molecule has 2 aromatic rings. The summed E-state index contributed by atoms with van der Waals surface area (Å²) in [6.07, 6.45) is 2.51. The van der Waals surface area contributed by atoms with Gasteiger partial charge >= 0.3 is 0 Å². The van der Waals surface area contributed by atoms with Crippen LogP contribution >= 0.6 is 0 Å². The van der Waals surface area contributed by atoms with Crippen LogP contribution in [0.15, 0.2) is 12.1 Å². The van der Waals surface area contributed by atoms with Crippen LogP contribution in [0.5, 0.6) is 11.5 Å². The molecule has 3 rings (SSSR count). The normalized spacial score (nSPS) is 14.9. The van der Waals surface area contributed by atoms with E-state index >= 15 is 0 Å². The minimum atomic E-state index is -0.0894. The number of hydrogen-bond acceptors (Lipinski definition) is 6. The Balaban J connectivity index is 1.58. The lowest BCUT2D eigenvalue weighted by molar-refractivity contribution is -0.122. The van der Waals surface area contributed by atoms with E-state index in [0.29, 0.717) is 29.1 Å². The molecular weight excluding hydrogens is 310 g/mol. The molecule has 1 aliphatic rings. The Morgan fingerprint density at radius 3 is 2.25 bits per heavy atom. The first-order valence-electron chi connectivity index (χ1n) is 8.15. The van der Waals surface area contributed by atoms with Crippen LogP contribution in [-0.4, -0.2) is 66.2 Å². The number of carbonyl (C=O) groups excluding carboxylic acids is 1. The number of hydrogen-bond donors (Lipinski definition) is 1. The van der Waals surface area contributed by atoms with Gasteiger partial charge in [0.1, 0.15) is 17.6 Å². The zero-order valence-corrected chi connectivity index (χ0v) is 14.1. The molecule has 2 heterocycles. The van der Waals surface area contributed by atoms with Gasteiger partial charge in [-0.15, -0.1) is 0 Å². The highest BCUT2D eigenvalue weighted by Crippen LogP contribution is 2.30. The van der Waals surface area contributed by atoms with Gasteiger partial charge in [0, 0.05) is 25.2 Å². The van der Waals surface area contributed by atoms with Gasteiger partial charge in [-0.1, -0.05) is 0 Å². The van der Waals surface area contributed by atoms with Crippen molar-refractivity contribution < 1.29 is 14.3 Å². The standard InChI is InChI=1S/C16H23N5O3/c1-23-14-9-12-13(10-15(14)24-2)19-21(18-12)11-16(22)17-5-8-20-6-3-4-7-20/h9-10H,3-8,11H2,1-2H3,(H,17,22). The lowest BCUT2D eigenvalue weighted by atomic mass is 10.3. The lowest BCUT2D eigenvalue weighted by Crippen LogP contribution is -2.35. The number of ether oxygens (including phenoxy) is 2. The third-order valence-electron chi connectivity index (χ3n) is 4.16. The number of fused-ring (bicyclic) bond motifs is 1. The molecule has 0 saturated carbocycles. The van der Waals surface area contributed by atoms with E-state index in [1.165, 1.54) is 17.6 Å². The molecule has 0 unspecified atom stereocenters. The highest BCUT2D eigenvalue weighted by atomic mass is 16.5. The molecular formula is C16H23N5O3. The molecule has 1 saturated heterocycles. The number of aromatic nitrogens is 3. The molecule has 1 amide bonds. The SMILES string of the molecule is COc1cc2nn(CC(=O)NCCN3CCCC3)nc2cc1OC. The van der Waals surface area contributed by atoms with Gasteiger partial charge in [0.2, 0.25) is 5.91 Å². The third-order valence-corrected chi connectivity index (χ3v) is 4.16. The van der Waals surface area contributed by atoms with Crippen molar-refractivity contribution in [3.05, 3.63) is 12.1 Å². The van der Waals surface area contributed by atoms with E-state index in [1.807, 2.05) is 0 Å². The van der Waals surface area contributed by atoms with Gasteiger partial charge < -0.3 is 19.7 Å². The van der Waals surface area contributed by atoms with Crippen molar-refractivity contribution >= 4 is 16.9 Å². The van der Waals surface area contributed by atoms with E-state index in [1.54, 1.807) is 26.4 Å². The highest BCUT2D eigenvalue weighted by Gasteiger charge is 2.13. The first kappa shape index (κ1) is 16.5. The van der Waals surface area contributed by atoms with Crippen molar-refractivity contribution in [1.29, 1.82) is 0 Å². The summed E-state index contributed by atoms with van der Waals surface area (Å²) >= 11 is 0. The second-order valence-corrected chi connectivity index (χ2v) is 5.83. The monoisotopic (exact) mass is 333 g/mol. The topological polar surface area (TPSA) is 81.5 Å². The van der Waals surface area contributed by atoms with E-state index in [4.69, 9.17) is 9.47 Å². The molecule has 0 spiro atoms. The quantitative estimate of drug-likeness (QED) is 0.802. The molecule has 1 fully saturated rings. The minimum absolute atomic E-state index is 0.0894. The summed E-state index contributed by atoms with van der Waals surface area (Å²) in [5, 5.41) is 11.6. The van der Waals surface area contributed by atoms with Crippen LogP contribution in [-0.2, 0) is 11.3 Å². The molecule has 0 bridgehead atoms. The molecule has 24 heavy (non-hydrogen) atoms. The number of methoxy groups -OCH3 is 2. The number of nitrogens with zero attached hydrogens (tertiary/aromatic N) is 4. The van der Waals surface area contributed by atoms with Crippen LogP contribution in [0.2, 0.25) is 0 Å². The van der Waals surface area contributed by atoms with Crippen molar-refractivity contribution in [2.75, 3.05) is 40.4 Å². The predicted molar refractivity (Wildman–Crippen MR) is 89.3 cm³/mol. The van der Waals surface area contributed by atoms with Crippen molar-refractivity contribution in [2.24, 2.45) is 0 Å². The number of likely N-dealkylation sites (tertiary alicyclic amines) is 1. The van der Waals surface area contributed by atoms with Gasteiger partial charge in [0.05, 0.1) is 14.2 Å². The van der Waals surface area contributed by atoms with E-state index in [2.05, 4.69) is 20.4 Å². The lowest BCUT2D eigenvalue weighted by Gasteiger charge is -2.14. The fraction of sp³-hybridized carbons (Fsp3) is 0.562. The fourth-order valence-corrected chi connectivity index (χ4v) is 2.90. The first-order chi connectivity index (χ1) is 11.7. The largest absolute Gasteiger partial charge is 0.493 e. The van der Waals surface area contributed by atoms with Crippen LogP contribution in [0.4, 0.5) is 0 Å². The fourth-order valence-electron chi connectivity index (χ4n) is 2.90. The van der Waals surface area contributed by atoms with Gasteiger partial charge in [-0.25, -0.2) is 0 Å². The zero-order valence-electron chi connectivity index (χ0n) is 14.1. The average molecular weight is 333 g/mol. The Morgan fingerprint density at radius 1 is 1.12 bits per heavy atom. The molecule has 1 N–H and O–H groups in total. The van der Waals surface area contributed by atoms with Crippen molar-refractivity contribution in [3.63, 3.8) is 0 Å². The second kappa shape index (κ2) is 7.48. The van der Waals surface area contributed by atoms with Crippen LogP contribution in [0.1, 0.15) is 12.8 Å². The van der Waals surface area contributed by atoms with E-state index in [-0.39, 0.29) is 12.5 Å². The number of nitrogens with one attached hydrogen (secondary N) is 1. The maximum absolute atomic E-state index is 12.0. The molecule has 8 nitrogen and oxygen atoms in total. The molecule has 1 aromatic carbocycles. The summed E-state index contributed by atoms with van der Waals surface area (Å²) in [4.78, 5) is 15.8. The highest BCUT2D eigenvalue weighted by molar-refractivity contribution is 5.79. The summed E-state index contributed by atoms with van der Waals surface area (Å²) < 4.78 is 10.5. The second-order valence-electron chi connectivity index (χ2n) is 5.83. The molecule has 1 aliphatic heterocycles. The molecule has 0 aliphatic carbocycles. The maximum Gasteiger partial charge on any atom is 0.243 e. The Bertz CT molecular complexity index is 668. The Labute approximate surface area is 140 Å². The van der Waals surface area contributed by atoms with Crippen molar-refractivity contribution in [1.82, 2.24) is 25.2 Å². The molecule has 1 aromatic heterocycles. The summed E-state index contributed by atoms with van der Waals surface area (Å²) in [6, 6.07) is 3.51. The van der Waals surface area contributed by atoms with Gasteiger partial charge in [-0.2, -0.15) is 15.0 Å². The van der Waals surface area contributed by atoms with Gasteiger partial charge in [-0.05, 0) is 25.9 Å². The van der Waals surface area contributed by atoms with E-state index in [0.717, 1.165) is 19.6 Å². The average Bonchev–Trinajstić information content (AvgIpc) is 3.22. The maximum atomic E-state index is 12.0. The van der Waals surface area contributed by atoms with E-state index in [9.17, 15) is 4.79 Å². The smallest absolute Gasteiger partial charge is 0.243 e. The van der Waals surface area contributed by atoms with Gasteiger partial charge in [0.15, 0.2) is 11.5 Å².